The van der Waals surface area contributed by atoms with Gasteiger partial charge in [0.05, 0.1) is 22.1 Å². The Kier molecular flexibility index (Phi) is 7.07. The first-order valence-electron chi connectivity index (χ1n) is 20.4. The van der Waals surface area contributed by atoms with Gasteiger partial charge in [-0.3, -0.25) is 0 Å². The van der Waals surface area contributed by atoms with Crippen LogP contribution in [0, 0.1) is 0 Å². The maximum atomic E-state index is 2.49. The zero-order valence-electron chi connectivity index (χ0n) is 32.6. The predicted molar refractivity (Wildman–Crippen MR) is 245 cm³/mol. The molecule has 0 saturated carbocycles. The normalized spacial score (nSPS) is 13.4. The van der Waals surface area contributed by atoms with Crippen LogP contribution in [0.25, 0.3) is 88.0 Å². The van der Waals surface area contributed by atoms with Crippen LogP contribution >= 0.6 is 0 Å². The fourth-order valence-electron chi connectivity index (χ4n) is 10.3. The molecule has 9 aromatic carbocycles. The maximum absolute atomic E-state index is 2.49. The second-order valence-electron chi connectivity index (χ2n) is 16.5. The van der Waals surface area contributed by atoms with Crippen molar-refractivity contribution in [3.05, 3.63) is 216 Å². The average molecular weight is 741 g/mol. The molecule has 0 fully saturated rings. The lowest BCUT2D eigenvalue weighted by Crippen LogP contribution is -2.27. The fraction of sp³-hybridized carbons (Fsp3) is 0.0714. The molecule has 2 heteroatoms. The van der Waals surface area contributed by atoms with Crippen molar-refractivity contribution in [1.29, 1.82) is 0 Å². The second kappa shape index (κ2) is 12.4. The molecule has 0 saturated heterocycles. The van der Waals surface area contributed by atoms with Gasteiger partial charge in [-0.15, -0.1) is 0 Å². The van der Waals surface area contributed by atoms with Gasteiger partial charge in [0, 0.05) is 49.5 Å². The van der Waals surface area contributed by atoms with E-state index in [0.717, 1.165) is 6.42 Å². The van der Waals surface area contributed by atoms with Crippen molar-refractivity contribution >= 4 is 54.4 Å². The van der Waals surface area contributed by atoms with Crippen LogP contribution in [-0.4, -0.2) is 9.13 Å². The largest absolute Gasteiger partial charge is 0.309 e. The van der Waals surface area contributed by atoms with Crippen molar-refractivity contribution in [1.82, 2.24) is 9.13 Å². The second-order valence-corrected chi connectivity index (χ2v) is 16.5. The summed E-state index contributed by atoms with van der Waals surface area (Å²) in [5.74, 6) is 0. The summed E-state index contributed by atoms with van der Waals surface area (Å²) in [6.45, 7) is 4.83. The summed E-state index contributed by atoms with van der Waals surface area (Å²) in [5, 5.41) is 7.74. The molecule has 2 nitrogen and oxygen atoms in total. The van der Waals surface area contributed by atoms with Crippen LogP contribution in [0.5, 0.6) is 0 Å². The predicted octanol–water partition coefficient (Wildman–Crippen LogP) is 14.6. The Labute approximate surface area is 337 Å². The number of benzene rings is 9. The molecule has 11 aromatic rings. The van der Waals surface area contributed by atoms with Gasteiger partial charge in [-0.25, -0.2) is 0 Å². The molecule has 0 atom stereocenters. The highest BCUT2D eigenvalue weighted by Gasteiger charge is 2.34. The zero-order valence-corrected chi connectivity index (χ0v) is 32.6. The third-order valence-electron chi connectivity index (χ3n) is 13.0. The number of rotatable bonds is 4. The molecule has 58 heavy (non-hydrogen) atoms. The maximum Gasteiger partial charge on any atom is 0.0619 e. The van der Waals surface area contributed by atoms with Gasteiger partial charge in [0.2, 0.25) is 0 Å². The molecule has 0 unspecified atom stereocenters. The Bertz CT molecular complexity index is 3430. The van der Waals surface area contributed by atoms with E-state index in [1.807, 2.05) is 0 Å². The number of hydrogen-bond acceptors (Lipinski definition) is 0. The molecule has 0 radical (unpaired) electrons. The van der Waals surface area contributed by atoms with Gasteiger partial charge in [0.1, 0.15) is 0 Å². The average Bonchev–Trinajstić information content (AvgIpc) is 3.80. The van der Waals surface area contributed by atoms with Crippen molar-refractivity contribution < 1.29 is 0 Å². The van der Waals surface area contributed by atoms with Crippen LogP contribution in [-0.2, 0) is 11.8 Å². The van der Waals surface area contributed by atoms with Crippen LogP contribution in [0.15, 0.2) is 194 Å². The minimum absolute atomic E-state index is 0.173. The molecule has 0 spiro atoms. The van der Waals surface area contributed by atoms with Crippen molar-refractivity contribution in [3.8, 4) is 33.6 Å². The summed E-state index contributed by atoms with van der Waals surface area (Å²) >= 11 is 0. The van der Waals surface area contributed by atoms with Gasteiger partial charge in [-0.2, -0.15) is 0 Å². The highest BCUT2D eigenvalue weighted by atomic mass is 15.0. The third-order valence-corrected chi connectivity index (χ3v) is 13.0. The summed E-state index contributed by atoms with van der Waals surface area (Å²) in [7, 11) is 0. The van der Waals surface area contributed by atoms with Crippen molar-refractivity contribution in [2.75, 3.05) is 0 Å². The lowest BCUT2D eigenvalue weighted by molar-refractivity contribution is 0.613. The van der Waals surface area contributed by atoms with E-state index in [0.29, 0.717) is 0 Å². The topological polar surface area (TPSA) is 9.86 Å². The van der Waals surface area contributed by atoms with Crippen LogP contribution in [0.4, 0.5) is 0 Å². The first-order chi connectivity index (χ1) is 28.5. The molecular formula is C56H40N2. The van der Waals surface area contributed by atoms with Gasteiger partial charge in [-0.05, 0) is 99.1 Å². The van der Waals surface area contributed by atoms with Crippen molar-refractivity contribution in [2.24, 2.45) is 0 Å². The van der Waals surface area contributed by atoms with Gasteiger partial charge in [0.15, 0.2) is 0 Å². The third kappa shape index (κ3) is 4.72. The molecule has 0 N–H and O–H groups in total. The van der Waals surface area contributed by atoms with E-state index < -0.39 is 0 Å². The van der Waals surface area contributed by atoms with E-state index in [1.54, 1.807) is 0 Å². The minimum atomic E-state index is -0.173. The molecule has 2 heterocycles. The molecular weight excluding hydrogens is 701 g/mol. The summed E-state index contributed by atoms with van der Waals surface area (Å²) in [6, 6.07) is 71.9. The minimum Gasteiger partial charge on any atom is -0.309 e. The first-order valence-corrected chi connectivity index (χ1v) is 20.4. The number of para-hydroxylation sites is 6. The SMILES string of the molecule is CC1(C)c2cc(-c3cccc4c5ccccc5n(-c5ccccc5)c34)ccc2Cc2c1ccc1cc(-c3cccc4c5ccccc5n(-c5ccccc5)c34)ccc21. The lowest BCUT2D eigenvalue weighted by atomic mass is 9.67. The number of nitrogens with zero attached hydrogens (tertiary/aromatic N) is 2. The number of fused-ring (bicyclic) bond motifs is 10. The van der Waals surface area contributed by atoms with E-state index in [1.165, 1.54) is 110 Å². The summed E-state index contributed by atoms with van der Waals surface area (Å²) in [6.07, 6.45) is 0.914. The fourth-order valence-corrected chi connectivity index (χ4v) is 10.3. The Morgan fingerprint density at radius 2 is 0.914 bits per heavy atom. The molecule has 2 aromatic heterocycles. The molecule has 1 aliphatic rings. The molecule has 0 amide bonds. The van der Waals surface area contributed by atoms with Crippen LogP contribution in [0.1, 0.15) is 36.1 Å². The van der Waals surface area contributed by atoms with Gasteiger partial charge in [0.25, 0.3) is 0 Å². The van der Waals surface area contributed by atoms with Crippen LogP contribution < -0.4 is 0 Å². The molecule has 0 bridgehead atoms. The van der Waals surface area contributed by atoms with Crippen molar-refractivity contribution in [3.63, 3.8) is 0 Å². The molecule has 0 aliphatic heterocycles. The Hall–Kier alpha value is -7.16. The van der Waals surface area contributed by atoms with E-state index in [2.05, 4.69) is 217 Å². The highest BCUT2D eigenvalue weighted by molar-refractivity contribution is 6.15. The van der Waals surface area contributed by atoms with E-state index in [4.69, 9.17) is 0 Å². The highest BCUT2D eigenvalue weighted by Crippen LogP contribution is 2.47. The first kappa shape index (κ1) is 33.0. The van der Waals surface area contributed by atoms with Crippen LogP contribution in [0.2, 0.25) is 0 Å². The molecule has 12 rings (SSSR count). The van der Waals surface area contributed by atoms with Crippen LogP contribution in [0.3, 0.4) is 0 Å². The van der Waals surface area contributed by atoms with E-state index >= 15 is 0 Å². The molecule has 1 aliphatic carbocycles. The zero-order chi connectivity index (χ0) is 38.5. The summed E-state index contributed by atoms with van der Waals surface area (Å²) in [4.78, 5) is 0. The van der Waals surface area contributed by atoms with Gasteiger partial charge in [-0.1, -0.05) is 159 Å². The standard InChI is InChI=1S/C56H40N2/c1-56(2)50-32-30-36-33-37(43-21-13-23-47-45-19-9-11-25-52(45)57(54(43)47)40-15-5-3-6-16-40)29-31-42(36)49(50)34-39-28-27-38(35-51(39)56)44-22-14-24-48-46-20-10-12-26-53(46)58(55(44)48)41-17-7-4-8-18-41/h3-33,35H,34H2,1-2H3. The van der Waals surface area contributed by atoms with E-state index in [9.17, 15) is 0 Å². The van der Waals surface area contributed by atoms with Gasteiger partial charge < -0.3 is 9.13 Å². The smallest absolute Gasteiger partial charge is 0.0619 e. The lowest BCUT2D eigenvalue weighted by Gasteiger charge is -2.36. The Morgan fingerprint density at radius 3 is 1.52 bits per heavy atom. The summed E-state index contributed by atoms with van der Waals surface area (Å²) < 4.78 is 4.88. The number of aromatic nitrogens is 2. The monoisotopic (exact) mass is 740 g/mol. The Morgan fingerprint density at radius 1 is 0.397 bits per heavy atom. The summed E-state index contributed by atoms with van der Waals surface area (Å²) in [5.41, 5.74) is 17.8. The Balaban J connectivity index is 0.987. The molecule has 274 valence electrons. The van der Waals surface area contributed by atoms with Gasteiger partial charge >= 0.3 is 0 Å². The number of hydrogen-bond donors (Lipinski definition) is 0. The van der Waals surface area contributed by atoms with E-state index in [-0.39, 0.29) is 5.41 Å². The quantitative estimate of drug-likeness (QED) is 0.170. The van der Waals surface area contributed by atoms with Crippen molar-refractivity contribution in [2.45, 2.75) is 25.7 Å².